The summed E-state index contributed by atoms with van der Waals surface area (Å²) in [5.41, 5.74) is 6.62. The summed E-state index contributed by atoms with van der Waals surface area (Å²) in [6, 6.07) is 15.4. The second-order valence-electron chi connectivity index (χ2n) is 9.61. The highest BCUT2D eigenvalue weighted by atomic mass is 16.4. The Kier molecular flexibility index (Phi) is 7.47. The van der Waals surface area contributed by atoms with Crippen LogP contribution in [0.1, 0.15) is 46.7 Å². The van der Waals surface area contributed by atoms with Gasteiger partial charge in [-0.15, -0.1) is 0 Å². The minimum absolute atomic E-state index is 0.116. The number of rotatable bonds is 9. The van der Waals surface area contributed by atoms with E-state index in [0.29, 0.717) is 29.3 Å². The standard InChI is InChI=1S/C31H33N5O3/c1-5-36(6-2)15-14-32-30(38)28-19(3)26(34-20(28)4)17-24-23-16-22(12-13-25(23)35-29(24)37)31-33-18-27(39-31)21-10-8-7-9-11-21/h7-13,16-18,34H,5-6,14-15H2,1-4H3,(H,32,38)(H,35,37). The van der Waals surface area contributed by atoms with Crippen LogP contribution in [-0.4, -0.2) is 52.9 Å². The fourth-order valence-corrected chi connectivity index (χ4v) is 4.97. The lowest BCUT2D eigenvalue weighted by Gasteiger charge is -2.18. The molecule has 200 valence electrons. The second kappa shape index (κ2) is 11.1. The van der Waals surface area contributed by atoms with Crippen LogP contribution in [0.25, 0.3) is 34.4 Å². The lowest BCUT2D eigenvalue weighted by molar-refractivity contribution is -0.110. The zero-order chi connectivity index (χ0) is 27.5. The van der Waals surface area contributed by atoms with Crippen LogP contribution >= 0.6 is 0 Å². The number of aromatic amines is 1. The van der Waals surface area contributed by atoms with E-state index in [1.807, 2.05) is 68.5 Å². The predicted octanol–water partition coefficient (Wildman–Crippen LogP) is 5.52. The van der Waals surface area contributed by atoms with Crippen molar-refractivity contribution in [2.24, 2.45) is 0 Å². The molecule has 1 aliphatic rings. The summed E-state index contributed by atoms with van der Waals surface area (Å²) in [6.07, 6.45) is 3.52. The molecule has 1 aliphatic heterocycles. The molecule has 0 unspecified atom stereocenters. The zero-order valence-corrected chi connectivity index (χ0v) is 22.7. The maximum Gasteiger partial charge on any atom is 0.256 e. The Morgan fingerprint density at radius 3 is 2.59 bits per heavy atom. The first-order chi connectivity index (χ1) is 18.9. The minimum atomic E-state index is -0.198. The Labute approximate surface area is 228 Å². The van der Waals surface area contributed by atoms with Gasteiger partial charge >= 0.3 is 0 Å². The number of fused-ring (bicyclic) bond motifs is 1. The van der Waals surface area contributed by atoms with Gasteiger partial charge in [0.15, 0.2) is 5.76 Å². The van der Waals surface area contributed by atoms with Crippen LogP contribution in [0.5, 0.6) is 0 Å². The fourth-order valence-electron chi connectivity index (χ4n) is 4.97. The molecular formula is C31H33N5O3. The van der Waals surface area contributed by atoms with Crippen molar-refractivity contribution in [3.63, 3.8) is 0 Å². The first kappa shape index (κ1) is 26.2. The van der Waals surface area contributed by atoms with Crippen LogP contribution in [-0.2, 0) is 4.79 Å². The predicted molar refractivity (Wildman–Crippen MR) is 154 cm³/mol. The molecule has 8 heteroatoms. The molecule has 0 aliphatic carbocycles. The Bertz CT molecular complexity index is 1540. The highest BCUT2D eigenvalue weighted by Crippen LogP contribution is 2.37. The summed E-state index contributed by atoms with van der Waals surface area (Å²) in [4.78, 5) is 36.0. The topological polar surface area (TPSA) is 103 Å². The molecule has 3 heterocycles. The van der Waals surface area contributed by atoms with Gasteiger partial charge in [-0.1, -0.05) is 44.2 Å². The number of oxazole rings is 1. The van der Waals surface area contributed by atoms with E-state index < -0.39 is 0 Å². The van der Waals surface area contributed by atoms with Crippen molar-refractivity contribution in [3.05, 3.63) is 82.8 Å². The molecule has 2 amide bonds. The second-order valence-corrected chi connectivity index (χ2v) is 9.61. The van der Waals surface area contributed by atoms with E-state index in [9.17, 15) is 9.59 Å². The molecule has 3 N–H and O–H groups in total. The van der Waals surface area contributed by atoms with Gasteiger partial charge < -0.3 is 24.9 Å². The number of nitrogens with one attached hydrogen (secondary N) is 3. The monoisotopic (exact) mass is 523 g/mol. The lowest BCUT2D eigenvalue weighted by atomic mass is 10.0. The van der Waals surface area contributed by atoms with E-state index >= 15 is 0 Å². The molecule has 0 saturated carbocycles. The van der Waals surface area contributed by atoms with Crippen molar-refractivity contribution in [1.29, 1.82) is 0 Å². The molecule has 0 spiro atoms. The summed E-state index contributed by atoms with van der Waals surface area (Å²) >= 11 is 0. The summed E-state index contributed by atoms with van der Waals surface area (Å²) in [6.45, 7) is 11.3. The van der Waals surface area contributed by atoms with Gasteiger partial charge in [0, 0.05) is 46.9 Å². The van der Waals surface area contributed by atoms with Gasteiger partial charge in [-0.3, -0.25) is 9.59 Å². The van der Waals surface area contributed by atoms with E-state index in [1.54, 1.807) is 6.20 Å². The summed E-state index contributed by atoms with van der Waals surface area (Å²) in [7, 11) is 0. The summed E-state index contributed by atoms with van der Waals surface area (Å²) < 4.78 is 6.03. The van der Waals surface area contributed by atoms with Crippen LogP contribution in [0.2, 0.25) is 0 Å². The van der Waals surface area contributed by atoms with E-state index in [-0.39, 0.29) is 11.8 Å². The highest BCUT2D eigenvalue weighted by molar-refractivity contribution is 6.35. The average Bonchev–Trinajstić information content (AvgIpc) is 3.63. The molecule has 8 nitrogen and oxygen atoms in total. The lowest BCUT2D eigenvalue weighted by Crippen LogP contribution is -2.35. The van der Waals surface area contributed by atoms with Crippen LogP contribution in [0, 0.1) is 13.8 Å². The van der Waals surface area contributed by atoms with Crippen LogP contribution in [0.4, 0.5) is 5.69 Å². The van der Waals surface area contributed by atoms with Crippen molar-refractivity contribution in [2.45, 2.75) is 27.7 Å². The SMILES string of the molecule is CCN(CC)CCNC(=O)c1c(C)[nH]c(C=C2C(=O)Nc3ccc(-c4ncc(-c5ccccc5)o4)cc32)c1C. The number of amides is 2. The van der Waals surface area contributed by atoms with Gasteiger partial charge in [-0.2, -0.15) is 0 Å². The highest BCUT2D eigenvalue weighted by Gasteiger charge is 2.27. The fraction of sp³-hybridized carbons (Fsp3) is 0.258. The van der Waals surface area contributed by atoms with Crippen molar-refractivity contribution in [2.75, 3.05) is 31.5 Å². The Morgan fingerprint density at radius 1 is 1.08 bits per heavy atom. The number of hydrogen-bond donors (Lipinski definition) is 3. The zero-order valence-electron chi connectivity index (χ0n) is 22.7. The Morgan fingerprint density at radius 2 is 1.85 bits per heavy atom. The summed E-state index contributed by atoms with van der Waals surface area (Å²) in [5, 5.41) is 5.97. The molecular weight excluding hydrogens is 490 g/mol. The third-order valence-corrected chi connectivity index (χ3v) is 7.21. The largest absolute Gasteiger partial charge is 0.436 e. The number of benzene rings is 2. The van der Waals surface area contributed by atoms with Crippen molar-refractivity contribution in [3.8, 4) is 22.8 Å². The molecule has 0 saturated heterocycles. The molecule has 0 fully saturated rings. The molecule has 39 heavy (non-hydrogen) atoms. The number of likely N-dealkylation sites (N-methyl/N-ethyl adjacent to an activating group) is 1. The first-order valence-electron chi connectivity index (χ1n) is 13.3. The van der Waals surface area contributed by atoms with Gasteiger partial charge in [0.1, 0.15) is 0 Å². The number of nitrogens with zero attached hydrogens (tertiary/aromatic N) is 2. The van der Waals surface area contributed by atoms with Crippen molar-refractivity contribution in [1.82, 2.24) is 20.2 Å². The van der Waals surface area contributed by atoms with Gasteiger partial charge in [0.2, 0.25) is 5.89 Å². The van der Waals surface area contributed by atoms with Crippen molar-refractivity contribution < 1.29 is 14.0 Å². The molecule has 2 aromatic carbocycles. The number of H-pyrrole nitrogens is 1. The Hall–Kier alpha value is -4.43. The number of anilines is 1. The third kappa shape index (κ3) is 5.28. The molecule has 5 rings (SSSR count). The van der Waals surface area contributed by atoms with Crippen LogP contribution in [0.3, 0.4) is 0 Å². The van der Waals surface area contributed by atoms with Gasteiger partial charge in [-0.25, -0.2) is 4.98 Å². The van der Waals surface area contributed by atoms with E-state index in [4.69, 9.17) is 4.42 Å². The molecule has 0 radical (unpaired) electrons. The van der Waals surface area contributed by atoms with Gasteiger partial charge in [-0.05, 0) is 56.8 Å². The van der Waals surface area contributed by atoms with Crippen molar-refractivity contribution >= 4 is 29.2 Å². The average molecular weight is 524 g/mol. The maximum absolute atomic E-state index is 13.0. The quantitative estimate of drug-likeness (QED) is 0.251. The molecule has 0 bridgehead atoms. The van der Waals surface area contributed by atoms with Crippen LogP contribution < -0.4 is 10.6 Å². The number of aromatic nitrogens is 2. The Balaban J connectivity index is 1.41. The molecule has 4 aromatic rings. The smallest absolute Gasteiger partial charge is 0.256 e. The minimum Gasteiger partial charge on any atom is -0.436 e. The first-order valence-corrected chi connectivity index (χ1v) is 13.3. The van der Waals surface area contributed by atoms with E-state index in [2.05, 4.69) is 39.3 Å². The summed E-state index contributed by atoms with van der Waals surface area (Å²) in [5.74, 6) is 0.841. The number of carbonyl (C=O) groups is 2. The maximum atomic E-state index is 13.0. The van der Waals surface area contributed by atoms with E-state index in [1.165, 1.54) is 0 Å². The molecule has 0 atom stereocenters. The normalized spacial score (nSPS) is 13.7. The van der Waals surface area contributed by atoms with Gasteiger partial charge in [0.25, 0.3) is 11.8 Å². The number of carbonyl (C=O) groups excluding carboxylic acids is 2. The number of aryl methyl sites for hydroxylation is 1. The number of hydrogen-bond acceptors (Lipinski definition) is 5. The van der Waals surface area contributed by atoms with Crippen LogP contribution in [0.15, 0.2) is 59.1 Å². The molecule has 2 aromatic heterocycles. The third-order valence-electron chi connectivity index (χ3n) is 7.21. The van der Waals surface area contributed by atoms with E-state index in [0.717, 1.165) is 59.0 Å². The van der Waals surface area contributed by atoms with Gasteiger partial charge in [0.05, 0.1) is 17.3 Å².